The minimum Gasteiger partial charge on any atom is -0.396 e. The van der Waals surface area contributed by atoms with E-state index in [1.807, 2.05) is 4.90 Å². The Labute approximate surface area is 122 Å². The lowest BCUT2D eigenvalue weighted by Crippen LogP contribution is -2.49. The molecule has 1 aliphatic heterocycles. The molecule has 1 unspecified atom stereocenters. The van der Waals surface area contributed by atoms with Crippen molar-refractivity contribution in [2.24, 2.45) is 0 Å². The first-order chi connectivity index (χ1) is 9.70. The van der Waals surface area contributed by atoms with E-state index >= 15 is 0 Å². The Morgan fingerprint density at radius 3 is 3.05 bits per heavy atom. The van der Waals surface area contributed by atoms with Crippen molar-refractivity contribution in [3.8, 4) is 0 Å². The number of carbonyl (C=O) groups is 1. The van der Waals surface area contributed by atoms with E-state index in [2.05, 4.69) is 15.5 Å². The number of hydrogen-bond donors (Lipinski definition) is 3. The number of nitrogens with zero attached hydrogens (tertiary/aromatic N) is 3. The highest BCUT2D eigenvalue weighted by molar-refractivity contribution is 7.15. The Kier molecular flexibility index (Phi) is 5.54. The molecule has 0 bridgehead atoms. The van der Waals surface area contributed by atoms with Gasteiger partial charge in [0.25, 0.3) is 0 Å². The molecule has 1 fully saturated rings. The van der Waals surface area contributed by atoms with Crippen LogP contribution >= 0.6 is 11.3 Å². The highest BCUT2D eigenvalue weighted by Gasteiger charge is 2.25. The van der Waals surface area contributed by atoms with Gasteiger partial charge in [0, 0.05) is 32.2 Å². The first-order valence-electron chi connectivity index (χ1n) is 6.94. The predicted molar refractivity (Wildman–Crippen MR) is 77.5 cm³/mol. The van der Waals surface area contributed by atoms with Crippen LogP contribution in [0.1, 0.15) is 30.7 Å². The summed E-state index contributed by atoms with van der Waals surface area (Å²) in [5.41, 5.74) is 5.50. The van der Waals surface area contributed by atoms with Crippen molar-refractivity contribution in [1.82, 2.24) is 20.4 Å². The maximum atomic E-state index is 12.2. The van der Waals surface area contributed by atoms with Crippen molar-refractivity contribution in [3.63, 3.8) is 0 Å². The Morgan fingerprint density at radius 1 is 1.50 bits per heavy atom. The van der Waals surface area contributed by atoms with E-state index in [0.717, 1.165) is 30.8 Å². The second-order valence-corrected chi connectivity index (χ2v) is 5.96. The van der Waals surface area contributed by atoms with Crippen molar-refractivity contribution in [3.05, 3.63) is 5.01 Å². The van der Waals surface area contributed by atoms with E-state index in [1.165, 1.54) is 11.3 Å². The van der Waals surface area contributed by atoms with Gasteiger partial charge in [0.2, 0.25) is 5.13 Å². The van der Waals surface area contributed by atoms with Gasteiger partial charge in [0.05, 0.1) is 0 Å². The molecule has 0 aromatic carbocycles. The summed E-state index contributed by atoms with van der Waals surface area (Å²) in [4.78, 5) is 14.0. The fraction of sp³-hybridized carbons (Fsp3) is 0.750. The van der Waals surface area contributed by atoms with Crippen LogP contribution in [0, 0.1) is 0 Å². The van der Waals surface area contributed by atoms with Crippen LogP contribution in [-0.2, 0) is 6.42 Å². The highest BCUT2D eigenvalue weighted by atomic mass is 32.1. The number of urea groups is 1. The Balaban J connectivity index is 1.77. The second kappa shape index (κ2) is 7.39. The normalized spacial score (nSPS) is 19.1. The molecule has 0 saturated carbocycles. The van der Waals surface area contributed by atoms with Gasteiger partial charge in [-0.05, 0) is 25.7 Å². The lowest BCUT2D eigenvalue weighted by molar-refractivity contribution is 0.132. The monoisotopic (exact) mass is 299 g/mol. The third-order valence-corrected chi connectivity index (χ3v) is 4.26. The van der Waals surface area contributed by atoms with Gasteiger partial charge >= 0.3 is 6.03 Å². The number of hydrogen-bond acceptors (Lipinski definition) is 6. The fourth-order valence-electron chi connectivity index (χ4n) is 2.46. The van der Waals surface area contributed by atoms with E-state index in [1.54, 1.807) is 0 Å². The van der Waals surface area contributed by atoms with Gasteiger partial charge in [-0.25, -0.2) is 4.79 Å². The molecule has 7 nitrogen and oxygen atoms in total. The summed E-state index contributed by atoms with van der Waals surface area (Å²) in [7, 11) is 0. The number of nitrogens with two attached hydrogens (primary N) is 1. The second-order valence-electron chi connectivity index (χ2n) is 4.87. The Hall–Kier alpha value is -1.41. The van der Waals surface area contributed by atoms with Crippen LogP contribution < -0.4 is 11.1 Å². The zero-order valence-electron chi connectivity index (χ0n) is 11.4. The molecule has 0 radical (unpaired) electrons. The first kappa shape index (κ1) is 15.0. The molecule has 1 saturated heterocycles. The van der Waals surface area contributed by atoms with Gasteiger partial charge in [0.1, 0.15) is 5.01 Å². The van der Waals surface area contributed by atoms with Crippen LogP contribution in [0.5, 0.6) is 0 Å². The van der Waals surface area contributed by atoms with Gasteiger partial charge in [-0.15, -0.1) is 10.2 Å². The van der Waals surface area contributed by atoms with Crippen LogP contribution in [0.2, 0.25) is 0 Å². The molecule has 112 valence electrons. The molecule has 1 aromatic heterocycles. The zero-order valence-corrected chi connectivity index (χ0v) is 12.2. The minimum absolute atomic E-state index is 0.0550. The van der Waals surface area contributed by atoms with Gasteiger partial charge in [-0.2, -0.15) is 0 Å². The molecule has 8 heteroatoms. The third-order valence-electron chi connectivity index (χ3n) is 3.45. The number of carbonyl (C=O) groups excluding carboxylic acids is 1. The molecular weight excluding hydrogens is 278 g/mol. The van der Waals surface area contributed by atoms with Gasteiger partial charge in [-0.3, -0.25) is 0 Å². The minimum atomic E-state index is -0.0550. The molecule has 1 atom stereocenters. The van der Waals surface area contributed by atoms with Gasteiger partial charge in [-0.1, -0.05) is 11.3 Å². The lowest BCUT2D eigenvalue weighted by Gasteiger charge is -2.35. The summed E-state index contributed by atoms with van der Waals surface area (Å²) in [6.45, 7) is 1.41. The molecule has 1 aliphatic rings. The number of rotatable bonds is 5. The number of aliphatic hydroxyl groups is 1. The average Bonchev–Trinajstić information content (AvgIpc) is 2.85. The molecule has 0 spiro atoms. The maximum absolute atomic E-state index is 12.2. The van der Waals surface area contributed by atoms with E-state index in [4.69, 9.17) is 10.8 Å². The van der Waals surface area contributed by atoms with Crippen molar-refractivity contribution in [2.45, 2.75) is 38.1 Å². The number of aromatic nitrogens is 2. The summed E-state index contributed by atoms with van der Waals surface area (Å²) in [5, 5.41) is 20.9. The van der Waals surface area contributed by atoms with Crippen LogP contribution in [0.4, 0.5) is 9.93 Å². The number of likely N-dealkylation sites (tertiary alicyclic amines) is 1. The smallest absolute Gasteiger partial charge is 0.317 e. The van der Waals surface area contributed by atoms with Crippen LogP contribution in [0.25, 0.3) is 0 Å². The Bertz CT molecular complexity index is 437. The molecule has 2 heterocycles. The summed E-state index contributed by atoms with van der Waals surface area (Å²) in [5.74, 6) is 0. The summed E-state index contributed by atoms with van der Waals surface area (Å²) in [6.07, 6.45) is 4.42. The molecule has 1 aromatic rings. The number of aliphatic hydroxyl groups excluding tert-OH is 1. The number of piperidine rings is 1. The molecule has 2 rings (SSSR count). The van der Waals surface area contributed by atoms with Crippen LogP contribution in [-0.4, -0.2) is 52.0 Å². The number of amides is 2. The lowest BCUT2D eigenvalue weighted by atomic mass is 10.0. The SMILES string of the molecule is Nc1nnc(CCNC(=O)N2CCCCC2CCO)s1. The average molecular weight is 299 g/mol. The quantitative estimate of drug-likeness (QED) is 0.739. The standard InChI is InChI=1S/C12H21N5O2S/c13-11-16-15-10(20-11)4-6-14-12(19)17-7-2-1-3-9(17)5-8-18/h9,18H,1-8H2,(H2,13,16)(H,14,19). The topological polar surface area (TPSA) is 104 Å². The molecule has 0 aliphatic carbocycles. The molecule has 20 heavy (non-hydrogen) atoms. The number of nitrogen functional groups attached to an aromatic ring is 1. The molecule has 4 N–H and O–H groups in total. The van der Waals surface area contributed by atoms with E-state index in [-0.39, 0.29) is 18.7 Å². The van der Waals surface area contributed by atoms with E-state index in [0.29, 0.717) is 24.5 Å². The van der Waals surface area contributed by atoms with Crippen molar-refractivity contribution in [1.29, 1.82) is 0 Å². The predicted octanol–water partition coefficient (Wildman–Crippen LogP) is 0.609. The number of anilines is 1. The van der Waals surface area contributed by atoms with Gasteiger partial charge < -0.3 is 21.1 Å². The van der Waals surface area contributed by atoms with Crippen LogP contribution in [0.3, 0.4) is 0 Å². The van der Waals surface area contributed by atoms with E-state index in [9.17, 15) is 4.79 Å². The van der Waals surface area contributed by atoms with Crippen molar-refractivity contribution < 1.29 is 9.90 Å². The molecular formula is C12H21N5O2S. The van der Waals surface area contributed by atoms with Crippen molar-refractivity contribution >= 4 is 22.5 Å². The number of nitrogens with one attached hydrogen (secondary N) is 1. The fourth-order valence-corrected chi connectivity index (χ4v) is 3.07. The summed E-state index contributed by atoms with van der Waals surface area (Å²) in [6, 6.07) is 0.103. The van der Waals surface area contributed by atoms with Crippen LogP contribution in [0.15, 0.2) is 0 Å². The molecule has 2 amide bonds. The third kappa shape index (κ3) is 4.04. The first-order valence-corrected chi connectivity index (χ1v) is 7.75. The van der Waals surface area contributed by atoms with Gasteiger partial charge in [0.15, 0.2) is 0 Å². The van der Waals surface area contributed by atoms with E-state index < -0.39 is 0 Å². The zero-order chi connectivity index (χ0) is 14.4. The highest BCUT2D eigenvalue weighted by Crippen LogP contribution is 2.19. The summed E-state index contributed by atoms with van der Waals surface area (Å²) >= 11 is 1.34. The summed E-state index contributed by atoms with van der Waals surface area (Å²) < 4.78 is 0. The maximum Gasteiger partial charge on any atom is 0.317 e. The largest absolute Gasteiger partial charge is 0.396 e. The van der Waals surface area contributed by atoms with Crippen molar-refractivity contribution in [2.75, 3.05) is 25.4 Å². The Morgan fingerprint density at radius 2 is 2.35 bits per heavy atom.